The lowest BCUT2D eigenvalue weighted by Gasteiger charge is -2.21. The number of aromatic nitrogens is 2. The summed E-state index contributed by atoms with van der Waals surface area (Å²) in [4.78, 5) is 4.19. The topological polar surface area (TPSA) is 30.3 Å². The summed E-state index contributed by atoms with van der Waals surface area (Å²) < 4.78 is 8.39. The van der Waals surface area contributed by atoms with Crippen molar-refractivity contribution in [3.05, 3.63) is 78.4 Å². The highest BCUT2D eigenvalue weighted by Gasteiger charge is 2.27. The zero-order valence-corrected chi connectivity index (χ0v) is 11.7. The summed E-state index contributed by atoms with van der Waals surface area (Å²) in [6.07, 6.45) is 5.46. The molecule has 0 fully saturated rings. The Kier molecular flexibility index (Phi) is 2.67. The average Bonchev–Trinajstić information content (AvgIpc) is 2.98. The molecule has 1 aromatic carbocycles. The Balaban J connectivity index is 1.92. The summed E-state index contributed by atoms with van der Waals surface area (Å²) in [5.41, 5.74) is 3.23. The van der Waals surface area contributed by atoms with Crippen molar-refractivity contribution in [2.24, 2.45) is 0 Å². The van der Waals surface area contributed by atoms with Gasteiger partial charge in [-0.15, -0.1) is 0 Å². The van der Waals surface area contributed by atoms with Crippen molar-refractivity contribution in [2.75, 3.05) is 12.1 Å². The van der Waals surface area contributed by atoms with Gasteiger partial charge >= 0.3 is 0 Å². The van der Waals surface area contributed by atoms with Crippen LogP contribution in [0.15, 0.2) is 67.1 Å². The van der Waals surface area contributed by atoms with Crippen molar-refractivity contribution >= 4 is 5.69 Å². The number of fused-ring (bicyclic) bond motifs is 2. The van der Waals surface area contributed by atoms with Gasteiger partial charge in [0, 0.05) is 19.4 Å². The molecule has 0 saturated heterocycles. The second kappa shape index (κ2) is 4.66. The molecule has 1 aliphatic heterocycles. The maximum Gasteiger partial charge on any atom is 0.166 e. The van der Waals surface area contributed by atoms with Crippen LogP contribution in [0.3, 0.4) is 0 Å². The third-order valence-electron chi connectivity index (χ3n) is 3.81. The van der Waals surface area contributed by atoms with Crippen LogP contribution in [0.2, 0.25) is 0 Å². The minimum Gasteiger partial charge on any atom is -0.475 e. The van der Waals surface area contributed by atoms with Crippen LogP contribution in [0.5, 0.6) is 5.75 Å². The van der Waals surface area contributed by atoms with Crippen LogP contribution < -0.4 is 9.75 Å². The lowest BCUT2D eigenvalue weighted by Crippen LogP contribution is -2.25. The number of benzene rings is 1. The molecular weight excluding hydrogens is 262 g/mol. The van der Waals surface area contributed by atoms with Crippen LogP contribution >= 0.6 is 0 Å². The highest BCUT2D eigenvalue weighted by atomic mass is 16.5. The number of pyridine rings is 1. The highest BCUT2D eigenvalue weighted by Crippen LogP contribution is 2.37. The number of ether oxygens (including phenoxy) is 1. The normalized spacial score (nSPS) is 16.6. The van der Waals surface area contributed by atoms with Gasteiger partial charge in [-0.1, -0.05) is 30.3 Å². The van der Waals surface area contributed by atoms with E-state index in [9.17, 15) is 0 Å². The van der Waals surface area contributed by atoms with Gasteiger partial charge in [-0.3, -0.25) is 14.7 Å². The second-order valence-electron chi connectivity index (χ2n) is 5.05. The Hall–Kier alpha value is -2.75. The molecule has 2 aromatic heterocycles. The molecule has 4 rings (SSSR count). The van der Waals surface area contributed by atoms with Crippen molar-refractivity contribution in [1.29, 1.82) is 0 Å². The lowest BCUT2D eigenvalue weighted by atomic mass is 10.1. The summed E-state index contributed by atoms with van der Waals surface area (Å²) >= 11 is 0. The van der Waals surface area contributed by atoms with Crippen LogP contribution in [-0.4, -0.2) is 16.7 Å². The van der Waals surface area contributed by atoms with Crippen LogP contribution in [0.1, 0.15) is 17.4 Å². The predicted octanol–water partition coefficient (Wildman–Crippen LogP) is 3.26. The lowest BCUT2D eigenvalue weighted by molar-refractivity contribution is 0.244. The second-order valence-corrected chi connectivity index (χ2v) is 5.05. The Morgan fingerprint density at radius 1 is 1.05 bits per heavy atom. The molecule has 1 atom stereocenters. The summed E-state index contributed by atoms with van der Waals surface area (Å²) in [7, 11) is 2.03. The summed E-state index contributed by atoms with van der Waals surface area (Å²) in [5, 5.41) is 2.08. The predicted molar refractivity (Wildman–Crippen MR) is 81.4 cm³/mol. The third-order valence-corrected chi connectivity index (χ3v) is 3.81. The van der Waals surface area contributed by atoms with E-state index in [1.54, 1.807) is 12.4 Å². The zero-order valence-electron chi connectivity index (χ0n) is 11.7. The fourth-order valence-electron chi connectivity index (χ4n) is 2.77. The molecule has 4 heteroatoms. The Morgan fingerprint density at radius 2 is 1.90 bits per heavy atom. The standard InChI is InChI=1S/C17H15N3O/c1-19-14-9-10-18-12-16(14)21-17(13-6-3-2-4-7-13)15-8-5-11-20(15)19/h2-12,17H,1H3. The maximum atomic E-state index is 6.27. The fraction of sp³-hybridized carbons (Fsp3) is 0.118. The number of hydrogen-bond acceptors (Lipinski definition) is 3. The minimum absolute atomic E-state index is 0.144. The average molecular weight is 277 g/mol. The first-order chi connectivity index (χ1) is 10.3. The van der Waals surface area contributed by atoms with Crippen LogP contribution in [0, 0.1) is 0 Å². The molecule has 104 valence electrons. The zero-order chi connectivity index (χ0) is 14.2. The van der Waals surface area contributed by atoms with Gasteiger partial charge in [0.1, 0.15) is 5.69 Å². The quantitative estimate of drug-likeness (QED) is 0.684. The largest absolute Gasteiger partial charge is 0.475 e. The van der Waals surface area contributed by atoms with Crippen LogP contribution in [0.25, 0.3) is 0 Å². The van der Waals surface area contributed by atoms with Crippen molar-refractivity contribution < 1.29 is 4.74 Å². The first kappa shape index (κ1) is 12.0. The number of anilines is 1. The van der Waals surface area contributed by atoms with E-state index in [1.807, 2.05) is 43.6 Å². The highest BCUT2D eigenvalue weighted by molar-refractivity contribution is 5.58. The molecule has 0 aliphatic carbocycles. The van der Waals surface area contributed by atoms with E-state index < -0.39 is 0 Å². The van der Waals surface area contributed by atoms with Gasteiger partial charge in [0.15, 0.2) is 11.9 Å². The molecule has 4 nitrogen and oxygen atoms in total. The molecule has 1 unspecified atom stereocenters. The fourth-order valence-corrected chi connectivity index (χ4v) is 2.77. The monoisotopic (exact) mass is 277 g/mol. The Labute approximate surface area is 123 Å². The van der Waals surface area contributed by atoms with E-state index in [2.05, 4.69) is 32.9 Å². The Morgan fingerprint density at radius 3 is 2.76 bits per heavy atom. The molecular formula is C17H15N3O. The van der Waals surface area contributed by atoms with Gasteiger partial charge in [0.25, 0.3) is 0 Å². The van der Waals surface area contributed by atoms with Gasteiger partial charge < -0.3 is 4.74 Å². The van der Waals surface area contributed by atoms with E-state index in [4.69, 9.17) is 4.74 Å². The smallest absolute Gasteiger partial charge is 0.166 e. The molecule has 0 radical (unpaired) electrons. The molecule has 0 saturated carbocycles. The van der Waals surface area contributed by atoms with Crippen molar-refractivity contribution in [3.63, 3.8) is 0 Å². The molecule has 3 heterocycles. The Bertz CT molecular complexity index is 766. The molecule has 3 aromatic rings. The SMILES string of the molecule is CN1c2ccncc2OC(c2ccccc2)c2cccn21. The van der Waals surface area contributed by atoms with E-state index in [0.29, 0.717) is 0 Å². The van der Waals surface area contributed by atoms with Gasteiger partial charge in [-0.05, 0) is 23.8 Å². The minimum atomic E-state index is -0.144. The first-order valence-electron chi connectivity index (χ1n) is 6.91. The molecule has 0 N–H and O–H groups in total. The molecule has 21 heavy (non-hydrogen) atoms. The molecule has 0 spiro atoms. The van der Waals surface area contributed by atoms with E-state index >= 15 is 0 Å². The first-order valence-corrected chi connectivity index (χ1v) is 6.91. The number of hydrogen-bond donors (Lipinski definition) is 0. The van der Waals surface area contributed by atoms with E-state index in [1.165, 1.54) is 0 Å². The summed E-state index contributed by atoms with van der Waals surface area (Å²) in [6.45, 7) is 0. The van der Waals surface area contributed by atoms with Gasteiger partial charge in [0.05, 0.1) is 11.9 Å². The number of nitrogens with zero attached hydrogens (tertiary/aromatic N) is 3. The van der Waals surface area contributed by atoms with E-state index in [-0.39, 0.29) is 6.10 Å². The van der Waals surface area contributed by atoms with Crippen LogP contribution in [0.4, 0.5) is 5.69 Å². The van der Waals surface area contributed by atoms with Crippen molar-refractivity contribution in [2.45, 2.75) is 6.10 Å². The van der Waals surface area contributed by atoms with E-state index in [0.717, 1.165) is 22.7 Å². The van der Waals surface area contributed by atoms with Gasteiger partial charge in [0.2, 0.25) is 0 Å². The summed E-state index contributed by atoms with van der Waals surface area (Å²) in [6, 6.07) is 16.3. The number of rotatable bonds is 1. The molecule has 0 amide bonds. The van der Waals surface area contributed by atoms with Gasteiger partial charge in [-0.25, -0.2) is 0 Å². The molecule has 0 bridgehead atoms. The summed E-state index contributed by atoms with van der Waals surface area (Å²) in [5.74, 6) is 0.789. The molecule has 1 aliphatic rings. The van der Waals surface area contributed by atoms with Crippen LogP contribution in [-0.2, 0) is 0 Å². The van der Waals surface area contributed by atoms with Crippen molar-refractivity contribution in [3.8, 4) is 5.75 Å². The van der Waals surface area contributed by atoms with Crippen molar-refractivity contribution in [1.82, 2.24) is 9.66 Å². The maximum absolute atomic E-state index is 6.27. The van der Waals surface area contributed by atoms with Gasteiger partial charge in [-0.2, -0.15) is 0 Å². The third kappa shape index (κ3) is 1.88.